The molecule has 0 heterocycles. The first-order valence-corrected chi connectivity index (χ1v) is 4.45. The minimum Gasteiger partial charge on any atom is -0.384 e. The van der Waals surface area contributed by atoms with Crippen LogP contribution in [-0.2, 0) is 0 Å². The molecular weight excluding hydrogens is 218 g/mol. The lowest BCUT2D eigenvalue weighted by atomic mass is 10.1. The first-order valence-electron chi connectivity index (χ1n) is 3.31. The molecule has 0 aliphatic rings. The zero-order chi connectivity index (χ0) is 9.19. The molecule has 1 nitrogen and oxygen atoms in total. The van der Waals surface area contributed by atoms with Gasteiger partial charge in [0.2, 0.25) is 3.79 Å². The summed E-state index contributed by atoms with van der Waals surface area (Å²) in [5, 5.41) is 9.46. The summed E-state index contributed by atoms with van der Waals surface area (Å²) in [5.41, 5.74) is 0.595. The summed E-state index contributed by atoms with van der Waals surface area (Å²) in [6.07, 6.45) is -1.08. The van der Waals surface area contributed by atoms with Gasteiger partial charge < -0.3 is 5.11 Å². The fraction of sp³-hybridized carbons (Fsp3) is 0.250. The molecule has 0 bridgehead atoms. The summed E-state index contributed by atoms with van der Waals surface area (Å²) >= 11 is 16.5. The van der Waals surface area contributed by atoms with Crippen LogP contribution in [0.1, 0.15) is 11.7 Å². The fourth-order valence-corrected chi connectivity index (χ4v) is 1.20. The molecule has 0 saturated carbocycles. The Balaban J connectivity index is 2.86. The molecule has 4 heteroatoms. The van der Waals surface area contributed by atoms with E-state index in [-0.39, 0.29) is 0 Å². The summed E-state index contributed by atoms with van der Waals surface area (Å²) in [6.45, 7) is 0. The van der Waals surface area contributed by atoms with Crippen molar-refractivity contribution in [2.24, 2.45) is 0 Å². The van der Waals surface area contributed by atoms with Gasteiger partial charge in [0.15, 0.2) is 0 Å². The van der Waals surface area contributed by atoms with Gasteiger partial charge in [0.1, 0.15) is 6.10 Å². The number of halogens is 3. The minimum absolute atomic E-state index is 0.595. The third-order valence-electron chi connectivity index (χ3n) is 1.43. The highest BCUT2D eigenvalue weighted by Gasteiger charge is 2.31. The number of aliphatic hydroxyl groups excluding tert-OH is 1. The Kier molecular flexibility index (Phi) is 3.24. The largest absolute Gasteiger partial charge is 0.384 e. The summed E-state index contributed by atoms with van der Waals surface area (Å²) in [6, 6.07) is 8.78. The van der Waals surface area contributed by atoms with Gasteiger partial charge in [0.25, 0.3) is 0 Å². The summed E-state index contributed by atoms with van der Waals surface area (Å²) in [7, 11) is 0. The van der Waals surface area contributed by atoms with Crippen LogP contribution in [0.25, 0.3) is 0 Å². The molecule has 0 aromatic heterocycles. The lowest BCUT2D eigenvalue weighted by Crippen LogP contribution is -2.15. The Hall–Kier alpha value is 0.0500. The first-order chi connectivity index (χ1) is 5.52. The fourth-order valence-electron chi connectivity index (χ4n) is 0.824. The van der Waals surface area contributed by atoms with Crippen LogP contribution in [0.5, 0.6) is 0 Å². The van der Waals surface area contributed by atoms with Crippen LogP contribution in [0.4, 0.5) is 0 Å². The molecule has 1 aromatic carbocycles. The van der Waals surface area contributed by atoms with E-state index in [1.54, 1.807) is 24.3 Å². The van der Waals surface area contributed by atoms with Crippen LogP contribution in [0.3, 0.4) is 0 Å². The maximum atomic E-state index is 9.46. The second kappa shape index (κ2) is 3.84. The predicted molar refractivity (Wildman–Crippen MR) is 51.7 cm³/mol. The van der Waals surface area contributed by atoms with Crippen LogP contribution in [-0.4, -0.2) is 8.90 Å². The molecule has 1 rings (SSSR count). The zero-order valence-electron chi connectivity index (χ0n) is 6.05. The van der Waals surface area contributed by atoms with Crippen molar-refractivity contribution >= 4 is 34.8 Å². The van der Waals surface area contributed by atoms with Crippen molar-refractivity contribution in [3.63, 3.8) is 0 Å². The molecular formula is C8H7Cl3O. The Labute approximate surface area is 85.9 Å². The number of benzene rings is 1. The maximum Gasteiger partial charge on any atom is 0.220 e. The van der Waals surface area contributed by atoms with Crippen LogP contribution >= 0.6 is 34.8 Å². The molecule has 1 aromatic rings. The van der Waals surface area contributed by atoms with Gasteiger partial charge in [-0.25, -0.2) is 0 Å². The third-order valence-corrected chi connectivity index (χ3v) is 2.05. The monoisotopic (exact) mass is 224 g/mol. The van der Waals surface area contributed by atoms with Crippen molar-refractivity contribution in [3.8, 4) is 0 Å². The van der Waals surface area contributed by atoms with E-state index in [9.17, 15) is 5.11 Å². The van der Waals surface area contributed by atoms with Gasteiger partial charge in [-0.3, -0.25) is 0 Å². The van der Waals surface area contributed by atoms with E-state index in [1.807, 2.05) is 6.07 Å². The molecule has 0 fully saturated rings. The molecule has 12 heavy (non-hydrogen) atoms. The SMILES string of the molecule is OC(c1ccccc1)C(Cl)(Cl)Cl. The zero-order valence-corrected chi connectivity index (χ0v) is 8.31. The van der Waals surface area contributed by atoms with E-state index < -0.39 is 9.90 Å². The quantitative estimate of drug-likeness (QED) is 0.728. The Morgan fingerprint density at radius 3 is 2.00 bits per heavy atom. The molecule has 0 aliphatic heterocycles. The van der Waals surface area contributed by atoms with E-state index >= 15 is 0 Å². The lowest BCUT2D eigenvalue weighted by Gasteiger charge is -2.18. The topological polar surface area (TPSA) is 20.2 Å². The number of rotatable bonds is 1. The molecule has 0 saturated heterocycles. The number of alkyl halides is 3. The molecule has 1 unspecified atom stereocenters. The molecule has 1 atom stereocenters. The molecule has 66 valence electrons. The first kappa shape index (κ1) is 10.1. The average Bonchev–Trinajstić information content (AvgIpc) is 2.03. The number of hydrogen-bond acceptors (Lipinski definition) is 1. The summed E-state index contributed by atoms with van der Waals surface area (Å²) in [5.74, 6) is 0. The van der Waals surface area contributed by atoms with Crippen LogP contribution in [0.15, 0.2) is 30.3 Å². The van der Waals surface area contributed by atoms with Crippen LogP contribution < -0.4 is 0 Å². The van der Waals surface area contributed by atoms with Gasteiger partial charge >= 0.3 is 0 Å². The number of aliphatic hydroxyl groups is 1. The van der Waals surface area contributed by atoms with E-state index in [4.69, 9.17) is 34.8 Å². The summed E-state index contributed by atoms with van der Waals surface area (Å²) in [4.78, 5) is 0. The maximum absolute atomic E-state index is 9.46. The van der Waals surface area contributed by atoms with Gasteiger partial charge in [-0.2, -0.15) is 0 Å². The highest BCUT2D eigenvalue weighted by molar-refractivity contribution is 6.68. The molecule has 0 aliphatic carbocycles. The van der Waals surface area contributed by atoms with Crippen molar-refractivity contribution in [1.29, 1.82) is 0 Å². The average molecular weight is 226 g/mol. The Morgan fingerprint density at radius 2 is 1.58 bits per heavy atom. The van der Waals surface area contributed by atoms with Gasteiger partial charge in [0, 0.05) is 0 Å². The standard InChI is InChI=1S/C8H7Cl3O/c9-8(10,11)7(12)6-4-2-1-3-5-6/h1-5,7,12H. The van der Waals surface area contributed by atoms with Crippen molar-refractivity contribution < 1.29 is 5.11 Å². The molecule has 1 N–H and O–H groups in total. The number of hydrogen-bond donors (Lipinski definition) is 1. The van der Waals surface area contributed by atoms with E-state index in [0.717, 1.165) is 0 Å². The van der Waals surface area contributed by atoms with E-state index in [1.165, 1.54) is 0 Å². The lowest BCUT2D eigenvalue weighted by molar-refractivity contribution is 0.182. The van der Waals surface area contributed by atoms with Gasteiger partial charge in [-0.05, 0) is 5.56 Å². The second-order valence-electron chi connectivity index (χ2n) is 2.35. The molecule has 0 amide bonds. The molecule has 0 radical (unpaired) electrons. The van der Waals surface area contributed by atoms with Gasteiger partial charge in [0.05, 0.1) is 0 Å². The van der Waals surface area contributed by atoms with Crippen molar-refractivity contribution in [1.82, 2.24) is 0 Å². The van der Waals surface area contributed by atoms with Crippen LogP contribution in [0, 0.1) is 0 Å². The van der Waals surface area contributed by atoms with E-state index in [2.05, 4.69) is 0 Å². The minimum atomic E-state index is -1.67. The van der Waals surface area contributed by atoms with Crippen molar-refractivity contribution in [3.05, 3.63) is 35.9 Å². The predicted octanol–water partition coefficient (Wildman–Crippen LogP) is 3.09. The Morgan fingerprint density at radius 1 is 1.08 bits per heavy atom. The van der Waals surface area contributed by atoms with Gasteiger partial charge in [-0.1, -0.05) is 65.1 Å². The van der Waals surface area contributed by atoms with Gasteiger partial charge in [-0.15, -0.1) is 0 Å². The molecule has 0 spiro atoms. The Bertz CT molecular complexity index is 242. The van der Waals surface area contributed by atoms with Crippen LogP contribution in [0.2, 0.25) is 0 Å². The summed E-state index contributed by atoms with van der Waals surface area (Å²) < 4.78 is -1.67. The highest BCUT2D eigenvalue weighted by Crippen LogP contribution is 2.39. The smallest absolute Gasteiger partial charge is 0.220 e. The van der Waals surface area contributed by atoms with Crippen molar-refractivity contribution in [2.45, 2.75) is 9.90 Å². The van der Waals surface area contributed by atoms with E-state index in [0.29, 0.717) is 5.56 Å². The second-order valence-corrected chi connectivity index (χ2v) is 4.72. The highest BCUT2D eigenvalue weighted by atomic mass is 35.6. The normalized spacial score (nSPS) is 14.3. The third kappa shape index (κ3) is 2.53. The van der Waals surface area contributed by atoms with Crippen molar-refractivity contribution in [2.75, 3.05) is 0 Å².